The zero-order valence-electron chi connectivity index (χ0n) is 16.4. The molecule has 28 heavy (non-hydrogen) atoms. The van der Waals surface area contributed by atoms with Crippen LogP contribution in [0.15, 0.2) is 46.2 Å². The fraction of sp³-hybridized carbons (Fsp3) is 0.400. The number of fused-ring (bicyclic) bond motifs is 1. The Kier molecular flexibility index (Phi) is 4.74. The van der Waals surface area contributed by atoms with E-state index in [-0.39, 0.29) is 9.79 Å². The molecule has 1 aliphatic rings. The number of hydrogen-bond donors (Lipinski definition) is 1. The molecule has 4 rings (SSSR count). The molecule has 2 aromatic heterocycles. The number of nitrogens with one attached hydrogen (secondary N) is 1. The molecule has 1 aromatic carbocycles. The number of aromatic nitrogens is 3. The first-order valence-corrected chi connectivity index (χ1v) is 11.0. The maximum absolute atomic E-state index is 13.4. The molecule has 0 spiro atoms. The van der Waals surface area contributed by atoms with Crippen molar-refractivity contribution in [1.29, 1.82) is 0 Å². The van der Waals surface area contributed by atoms with Gasteiger partial charge in [-0.25, -0.2) is 13.4 Å². The van der Waals surface area contributed by atoms with Crippen LogP contribution in [0.3, 0.4) is 0 Å². The molecule has 0 radical (unpaired) electrons. The molecule has 0 atom stereocenters. The Labute approximate surface area is 165 Å². The largest absolute Gasteiger partial charge is 0.370 e. The van der Waals surface area contributed by atoms with Crippen LogP contribution >= 0.6 is 0 Å². The molecule has 0 bridgehead atoms. The van der Waals surface area contributed by atoms with Crippen LogP contribution in [-0.2, 0) is 9.84 Å². The van der Waals surface area contributed by atoms with E-state index in [9.17, 15) is 8.42 Å². The van der Waals surface area contributed by atoms with Gasteiger partial charge in [0.05, 0.1) is 4.90 Å². The van der Waals surface area contributed by atoms with Crippen LogP contribution in [0.4, 0.5) is 11.6 Å². The van der Waals surface area contributed by atoms with Crippen LogP contribution in [0.1, 0.15) is 25.5 Å². The van der Waals surface area contributed by atoms with Crippen molar-refractivity contribution in [1.82, 2.24) is 14.6 Å². The summed E-state index contributed by atoms with van der Waals surface area (Å²) < 4.78 is 28.4. The maximum Gasteiger partial charge on any atom is 0.214 e. The molecular formula is C20H25N5O2S. The molecule has 1 fully saturated rings. The van der Waals surface area contributed by atoms with Crippen LogP contribution in [-0.4, -0.2) is 43.2 Å². The van der Waals surface area contributed by atoms with Crippen LogP contribution in [0.2, 0.25) is 0 Å². The number of sulfone groups is 1. The summed E-state index contributed by atoms with van der Waals surface area (Å²) in [6.07, 6.45) is 2.22. The van der Waals surface area contributed by atoms with Gasteiger partial charge in [0.2, 0.25) is 9.84 Å². The molecule has 0 aliphatic carbocycles. The molecule has 148 valence electrons. The summed E-state index contributed by atoms with van der Waals surface area (Å²) in [4.78, 5) is 7.19. The van der Waals surface area contributed by atoms with Crippen molar-refractivity contribution in [2.24, 2.45) is 5.92 Å². The molecule has 3 heterocycles. The van der Waals surface area contributed by atoms with E-state index < -0.39 is 9.84 Å². The Hall–Kier alpha value is -2.61. The number of aryl methyl sites for hydroxylation is 1. The van der Waals surface area contributed by atoms with Crippen molar-refractivity contribution in [3.8, 4) is 0 Å². The fourth-order valence-corrected chi connectivity index (χ4v) is 5.21. The Balaban J connectivity index is 1.93. The first-order valence-electron chi connectivity index (χ1n) is 9.55. The van der Waals surface area contributed by atoms with Crippen LogP contribution < -0.4 is 10.2 Å². The highest BCUT2D eigenvalue weighted by Gasteiger charge is 2.30. The van der Waals surface area contributed by atoms with Gasteiger partial charge in [0.25, 0.3) is 0 Å². The summed E-state index contributed by atoms with van der Waals surface area (Å²) in [5, 5.41) is 7.53. The monoisotopic (exact) mass is 399 g/mol. The third-order valence-electron chi connectivity index (χ3n) is 5.32. The van der Waals surface area contributed by atoms with Crippen molar-refractivity contribution < 1.29 is 8.42 Å². The summed E-state index contributed by atoms with van der Waals surface area (Å²) in [5.74, 6) is 1.91. The lowest BCUT2D eigenvalue weighted by molar-refractivity contribution is 0.435. The van der Waals surface area contributed by atoms with Crippen molar-refractivity contribution in [3.05, 3.63) is 42.1 Å². The topological polar surface area (TPSA) is 79.6 Å². The normalized spacial score (nSPS) is 15.9. The van der Waals surface area contributed by atoms with E-state index in [4.69, 9.17) is 0 Å². The minimum atomic E-state index is -3.76. The summed E-state index contributed by atoms with van der Waals surface area (Å²) in [6.45, 7) is 6.01. The zero-order chi connectivity index (χ0) is 19.9. The Morgan fingerprint density at radius 2 is 1.82 bits per heavy atom. The number of hydrogen-bond acceptors (Lipinski definition) is 6. The van der Waals surface area contributed by atoms with Gasteiger partial charge in [-0.05, 0) is 37.8 Å². The summed E-state index contributed by atoms with van der Waals surface area (Å²) >= 11 is 0. The lowest BCUT2D eigenvalue weighted by Crippen LogP contribution is -2.34. The second-order valence-electron chi connectivity index (χ2n) is 7.40. The standard InChI is InChI=1S/C20H25N5O2S/c1-14-9-11-24(12-10-14)17-13-15(2)22-20-18(19(21-3)23-25(17)20)28(26,27)16-7-5-4-6-8-16/h4-8,13-14H,9-12H2,1-3H3,(H,21,23). The van der Waals surface area contributed by atoms with E-state index in [1.165, 1.54) is 0 Å². The molecule has 3 aromatic rings. The van der Waals surface area contributed by atoms with Gasteiger partial charge in [-0.1, -0.05) is 25.1 Å². The quantitative estimate of drug-likeness (QED) is 0.726. The lowest BCUT2D eigenvalue weighted by atomic mass is 9.99. The van der Waals surface area contributed by atoms with Crippen LogP contribution in [0.5, 0.6) is 0 Å². The highest BCUT2D eigenvalue weighted by molar-refractivity contribution is 7.91. The van der Waals surface area contributed by atoms with Crippen LogP contribution in [0, 0.1) is 12.8 Å². The van der Waals surface area contributed by atoms with E-state index in [0.29, 0.717) is 17.4 Å². The van der Waals surface area contributed by atoms with Gasteiger partial charge < -0.3 is 10.2 Å². The molecule has 1 N–H and O–H groups in total. The van der Waals surface area contributed by atoms with Crippen molar-refractivity contribution >= 4 is 27.1 Å². The second-order valence-corrected chi connectivity index (χ2v) is 9.29. The Bertz CT molecular complexity index is 1100. The average molecular weight is 400 g/mol. The minimum absolute atomic E-state index is 0.122. The highest BCUT2D eigenvalue weighted by atomic mass is 32.2. The number of anilines is 2. The lowest BCUT2D eigenvalue weighted by Gasteiger charge is -2.32. The molecule has 8 heteroatoms. The predicted molar refractivity (Wildman–Crippen MR) is 110 cm³/mol. The number of rotatable bonds is 4. The molecule has 0 saturated carbocycles. The first-order chi connectivity index (χ1) is 13.4. The third-order valence-corrected chi connectivity index (χ3v) is 7.13. The van der Waals surface area contributed by atoms with E-state index in [1.54, 1.807) is 41.9 Å². The van der Waals surface area contributed by atoms with Gasteiger partial charge in [-0.3, -0.25) is 0 Å². The van der Waals surface area contributed by atoms with Crippen molar-refractivity contribution in [2.75, 3.05) is 30.4 Å². The van der Waals surface area contributed by atoms with Gasteiger partial charge in [-0.2, -0.15) is 4.52 Å². The van der Waals surface area contributed by atoms with E-state index in [2.05, 4.69) is 27.2 Å². The Morgan fingerprint density at radius 3 is 2.46 bits per heavy atom. The van der Waals surface area contributed by atoms with Crippen molar-refractivity contribution in [2.45, 2.75) is 36.5 Å². The molecule has 1 saturated heterocycles. The van der Waals surface area contributed by atoms with Gasteiger partial charge in [0.1, 0.15) is 5.82 Å². The molecular weight excluding hydrogens is 374 g/mol. The summed E-state index contributed by atoms with van der Waals surface area (Å²) in [7, 11) is -2.08. The first kappa shape index (κ1) is 18.7. The number of benzene rings is 1. The van der Waals surface area contributed by atoms with Gasteiger partial charge in [0.15, 0.2) is 16.4 Å². The van der Waals surface area contributed by atoms with Gasteiger partial charge in [0, 0.05) is 31.9 Å². The average Bonchev–Trinajstić information content (AvgIpc) is 3.08. The number of piperidine rings is 1. The third kappa shape index (κ3) is 3.11. The summed E-state index contributed by atoms with van der Waals surface area (Å²) in [5.41, 5.74) is 1.13. The van der Waals surface area contributed by atoms with Gasteiger partial charge >= 0.3 is 0 Å². The second kappa shape index (κ2) is 7.09. The van der Waals surface area contributed by atoms with Crippen molar-refractivity contribution in [3.63, 3.8) is 0 Å². The number of nitrogens with zero attached hydrogens (tertiary/aromatic N) is 4. The molecule has 0 unspecified atom stereocenters. The van der Waals surface area contributed by atoms with E-state index >= 15 is 0 Å². The molecule has 7 nitrogen and oxygen atoms in total. The maximum atomic E-state index is 13.4. The fourth-order valence-electron chi connectivity index (χ4n) is 3.69. The van der Waals surface area contributed by atoms with Crippen LogP contribution in [0.25, 0.3) is 5.65 Å². The minimum Gasteiger partial charge on any atom is -0.370 e. The predicted octanol–water partition coefficient (Wildman–Crippen LogP) is 3.15. The molecule has 0 amide bonds. The van der Waals surface area contributed by atoms with E-state index in [0.717, 1.165) is 37.4 Å². The summed E-state index contributed by atoms with van der Waals surface area (Å²) in [6, 6.07) is 10.4. The molecule has 1 aliphatic heterocycles. The zero-order valence-corrected chi connectivity index (χ0v) is 17.2. The Morgan fingerprint density at radius 1 is 1.14 bits per heavy atom. The van der Waals surface area contributed by atoms with E-state index in [1.807, 2.05) is 13.0 Å². The smallest absolute Gasteiger partial charge is 0.214 e. The highest BCUT2D eigenvalue weighted by Crippen LogP contribution is 2.33. The van der Waals surface area contributed by atoms with Gasteiger partial charge in [-0.15, -0.1) is 5.10 Å². The SMILES string of the molecule is CNc1nn2c(N3CCC(C)CC3)cc(C)nc2c1S(=O)(=O)c1ccccc1.